The first-order chi connectivity index (χ1) is 12.2. The van der Waals surface area contributed by atoms with Crippen molar-refractivity contribution in [2.45, 2.75) is 26.2 Å². The Bertz CT molecular complexity index is 704. The molecular formula is C19H25N3O3. The van der Waals surface area contributed by atoms with Gasteiger partial charge in [0.1, 0.15) is 0 Å². The lowest BCUT2D eigenvalue weighted by molar-refractivity contribution is 0.102. The molecule has 2 N–H and O–H groups in total. The van der Waals surface area contributed by atoms with Crippen molar-refractivity contribution in [1.82, 2.24) is 4.98 Å². The van der Waals surface area contributed by atoms with Crippen molar-refractivity contribution in [3.63, 3.8) is 0 Å². The number of unbranched alkanes of at least 4 members (excludes halogenated alkanes) is 2. The van der Waals surface area contributed by atoms with Gasteiger partial charge in [-0.2, -0.15) is 0 Å². The Balaban J connectivity index is 2.03. The number of hydrogen-bond donors (Lipinski definition) is 2. The first-order valence-corrected chi connectivity index (χ1v) is 8.40. The Morgan fingerprint density at radius 1 is 1.04 bits per heavy atom. The Morgan fingerprint density at radius 2 is 1.84 bits per heavy atom. The normalized spacial score (nSPS) is 10.2. The molecule has 0 fully saturated rings. The standard InChI is InChI=1S/C19H25N3O3/c1-4-5-6-9-21-16-10-14(12-20-13-16)19(23)22-15-7-8-17(24-2)18(11-15)25-3/h7-8,10-13,21H,4-6,9H2,1-3H3,(H,22,23). The first-order valence-electron chi connectivity index (χ1n) is 8.40. The van der Waals surface area contributed by atoms with E-state index in [0.29, 0.717) is 22.7 Å². The predicted molar refractivity (Wildman–Crippen MR) is 99.8 cm³/mol. The Morgan fingerprint density at radius 3 is 2.56 bits per heavy atom. The van der Waals surface area contributed by atoms with Gasteiger partial charge in [-0.1, -0.05) is 19.8 Å². The fourth-order valence-corrected chi connectivity index (χ4v) is 2.39. The van der Waals surface area contributed by atoms with Crippen molar-refractivity contribution in [2.75, 3.05) is 31.4 Å². The average molecular weight is 343 g/mol. The second-order valence-corrected chi connectivity index (χ2v) is 5.62. The van der Waals surface area contributed by atoms with Gasteiger partial charge in [-0.3, -0.25) is 9.78 Å². The van der Waals surface area contributed by atoms with E-state index in [4.69, 9.17) is 9.47 Å². The highest BCUT2D eigenvalue weighted by atomic mass is 16.5. The summed E-state index contributed by atoms with van der Waals surface area (Å²) in [6.45, 7) is 3.04. The third kappa shape index (κ3) is 5.38. The zero-order chi connectivity index (χ0) is 18.1. The lowest BCUT2D eigenvalue weighted by atomic mass is 10.2. The predicted octanol–water partition coefficient (Wildman–Crippen LogP) is 3.95. The molecule has 0 spiro atoms. The van der Waals surface area contributed by atoms with Crippen LogP contribution in [-0.4, -0.2) is 31.7 Å². The number of pyridine rings is 1. The summed E-state index contributed by atoms with van der Waals surface area (Å²) in [6.07, 6.45) is 6.72. The number of benzene rings is 1. The van der Waals surface area contributed by atoms with E-state index < -0.39 is 0 Å². The molecule has 0 radical (unpaired) electrons. The van der Waals surface area contributed by atoms with Gasteiger partial charge in [0.2, 0.25) is 0 Å². The number of methoxy groups -OCH3 is 2. The number of ether oxygens (including phenoxy) is 2. The molecule has 2 aromatic rings. The SMILES string of the molecule is CCCCCNc1cncc(C(=O)Nc2ccc(OC)c(OC)c2)c1. The number of anilines is 2. The molecule has 1 aromatic carbocycles. The molecule has 6 nitrogen and oxygen atoms in total. The fraction of sp³-hybridized carbons (Fsp3) is 0.368. The first kappa shape index (κ1) is 18.6. The largest absolute Gasteiger partial charge is 0.493 e. The summed E-state index contributed by atoms with van der Waals surface area (Å²) in [4.78, 5) is 16.6. The topological polar surface area (TPSA) is 72.5 Å². The van der Waals surface area contributed by atoms with Crippen LogP contribution in [0.25, 0.3) is 0 Å². The van der Waals surface area contributed by atoms with Gasteiger partial charge in [-0.15, -0.1) is 0 Å². The molecule has 0 saturated heterocycles. The number of carbonyl (C=O) groups is 1. The minimum absolute atomic E-state index is 0.225. The van der Waals surface area contributed by atoms with Crippen molar-refractivity contribution in [3.05, 3.63) is 42.2 Å². The molecule has 0 aliphatic carbocycles. The van der Waals surface area contributed by atoms with Crippen molar-refractivity contribution < 1.29 is 14.3 Å². The molecule has 0 saturated carbocycles. The van der Waals surface area contributed by atoms with Gasteiger partial charge in [0.25, 0.3) is 5.91 Å². The molecule has 0 aliphatic heterocycles. The summed E-state index contributed by atoms with van der Waals surface area (Å²) < 4.78 is 10.4. The van der Waals surface area contributed by atoms with Gasteiger partial charge < -0.3 is 20.1 Å². The molecule has 0 aliphatic rings. The van der Waals surface area contributed by atoms with Crippen LogP contribution in [0.5, 0.6) is 11.5 Å². The summed E-state index contributed by atoms with van der Waals surface area (Å²) in [5, 5.41) is 6.14. The van der Waals surface area contributed by atoms with Crippen LogP contribution < -0.4 is 20.1 Å². The highest BCUT2D eigenvalue weighted by Crippen LogP contribution is 2.29. The van der Waals surface area contributed by atoms with E-state index in [1.165, 1.54) is 12.8 Å². The third-order valence-electron chi connectivity index (χ3n) is 3.75. The molecule has 0 unspecified atom stereocenters. The monoisotopic (exact) mass is 343 g/mol. The van der Waals surface area contributed by atoms with Crippen LogP contribution >= 0.6 is 0 Å². The molecule has 1 aromatic heterocycles. The molecule has 1 amide bonds. The van der Waals surface area contributed by atoms with Gasteiger partial charge in [0, 0.05) is 30.7 Å². The van der Waals surface area contributed by atoms with Crippen molar-refractivity contribution in [2.24, 2.45) is 0 Å². The zero-order valence-electron chi connectivity index (χ0n) is 15.0. The molecule has 134 valence electrons. The van der Waals surface area contributed by atoms with Gasteiger partial charge in [0.15, 0.2) is 11.5 Å². The summed E-state index contributed by atoms with van der Waals surface area (Å²) >= 11 is 0. The van der Waals surface area contributed by atoms with E-state index in [9.17, 15) is 4.79 Å². The van der Waals surface area contributed by atoms with E-state index in [1.807, 2.05) is 0 Å². The quantitative estimate of drug-likeness (QED) is 0.675. The molecule has 6 heteroatoms. The van der Waals surface area contributed by atoms with Gasteiger partial charge >= 0.3 is 0 Å². The van der Waals surface area contributed by atoms with Crippen molar-refractivity contribution >= 4 is 17.3 Å². The summed E-state index contributed by atoms with van der Waals surface area (Å²) in [6, 6.07) is 7.03. The average Bonchev–Trinajstić information content (AvgIpc) is 2.65. The van der Waals surface area contributed by atoms with E-state index in [1.54, 1.807) is 50.9 Å². The van der Waals surface area contributed by atoms with Crippen LogP contribution in [0.3, 0.4) is 0 Å². The zero-order valence-corrected chi connectivity index (χ0v) is 15.0. The highest BCUT2D eigenvalue weighted by Gasteiger charge is 2.10. The van der Waals surface area contributed by atoms with Crippen molar-refractivity contribution in [3.8, 4) is 11.5 Å². The molecule has 0 atom stereocenters. The number of aromatic nitrogens is 1. The number of hydrogen-bond acceptors (Lipinski definition) is 5. The van der Waals surface area contributed by atoms with E-state index in [2.05, 4.69) is 22.5 Å². The van der Waals surface area contributed by atoms with Gasteiger partial charge in [0.05, 0.1) is 25.5 Å². The van der Waals surface area contributed by atoms with Crippen LogP contribution in [0.2, 0.25) is 0 Å². The third-order valence-corrected chi connectivity index (χ3v) is 3.75. The number of nitrogens with zero attached hydrogens (tertiary/aromatic N) is 1. The van der Waals surface area contributed by atoms with Crippen LogP contribution in [0.1, 0.15) is 36.5 Å². The molecule has 25 heavy (non-hydrogen) atoms. The Kier molecular flexibility index (Phi) is 7.07. The minimum Gasteiger partial charge on any atom is -0.493 e. The van der Waals surface area contributed by atoms with E-state index in [-0.39, 0.29) is 5.91 Å². The Labute approximate surface area is 148 Å². The van der Waals surface area contributed by atoms with Crippen molar-refractivity contribution in [1.29, 1.82) is 0 Å². The highest BCUT2D eigenvalue weighted by molar-refractivity contribution is 6.04. The number of rotatable bonds is 9. The van der Waals surface area contributed by atoms with Crippen LogP contribution in [0.15, 0.2) is 36.7 Å². The lowest BCUT2D eigenvalue weighted by Gasteiger charge is -2.11. The van der Waals surface area contributed by atoms with E-state index >= 15 is 0 Å². The fourth-order valence-electron chi connectivity index (χ4n) is 2.39. The van der Waals surface area contributed by atoms with Crippen LogP contribution in [0.4, 0.5) is 11.4 Å². The Hall–Kier alpha value is -2.76. The summed E-state index contributed by atoms with van der Waals surface area (Å²) in [5.74, 6) is 0.946. The lowest BCUT2D eigenvalue weighted by Crippen LogP contribution is -2.13. The summed E-state index contributed by atoms with van der Waals surface area (Å²) in [5.41, 5.74) is 1.97. The van der Waals surface area contributed by atoms with Gasteiger partial charge in [-0.25, -0.2) is 0 Å². The molecule has 1 heterocycles. The van der Waals surface area contributed by atoms with E-state index in [0.717, 1.165) is 18.7 Å². The molecular weight excluding hydrogens is 318 g/mol. The maximum Gasteiger partial charge on any atom is 0.257 e. The number of amides is 1. The smallest absolute Gasteiger partial charge is 0.257 e. The van der Waals surface area contributed by atoms with Crippen LogP contribution in [0, 0.1) is 0 Å². The number of nitrogens with one attached hydrogen (secondary N) is 2. The second-order valence-electron chi connectivity index (χ2n) is 5.62. The minimum atomic E-state index is -0.225. The van der Waals surface area contributed by atoms with Crippen LogP contribution in [-0.2, 0) is 0 Å². The number of carbonyl (C=O) groups excluding carboxylic acids is 1. The second kappa shape index (κ2) is 9.52. The maximum absolute atomic E-state index is 12.4. The molecule has 0 bridgehead atoms. The molecule has 2 rings (SSSR count). The van der Waals surface area contributed by atoms with Gasteiger partial charge in [-0.05, 0) is 24.6 Å². The maximum atomic E-state index is 12.4. The summed E-state index contributed by atoms with van der Waals surface area (Å²) in [7, 11) is 3.13.